The molecule has 0 fully saturated rings. The maximum Gasteiger partial charge on any atom is 0.275 e. The molecule has 0 radical (unpaired) electrons. The molecule has 1 aliphatic rings. The average Bonchev–Trinajstić information content (AvgIpc) is 3.58. The highest BCUT2D eigenvalue weighted by Gasteiger charge is 2.49. The summed E-state index contributed by atoms with van der Waals surface area (Å²) in [5.41, 5.74) is 1.44. The Hall–Kier alpha value is -4.46. The van der Waals surface area contributed by atoms with Gasteiger partial charge in [-0.1, -0.05) is 30.3 Å². The van der Waals surface area contributed by atoms with Gasteiger partial charge < -0.3 is 23.8 Å². The van der Waals surface area contributed by atoms with E-state index in [9.17, 15) is 9.59 Å². The molecule has 5 rings (SSSR count). The first-order chi connectivity index (χ1) is 17.5. The van der Waals surface area contributed by atoms with Crippen LogP contribution in [0.1, 0.15) is 23.0 Å². The van der Waals surface area contributed by atoms with Crippen LogP contribution in [0.4, 0.5) is 5.69 Å². The molecule has 0 bridgehead atoms. The van der Waals surface area contributed by atoms with Gasteiger partial charge in [-0.3, -0.25) is 14.5 Å². The van der Waals surface area contributed by atoms with Crippen LogP contribution < -0.4 is 19.7 Å². The lowest BCUT2D eigenvalue weighted by atomic mass is 9.93. The van der Waals surface area contributed by atoms with Crippen molar-refractivity contribution in [2.75, 3.05) is 19.1 Å². The fourth-order valence-electron chi connectivity index (χ4n) is 4.69. The molecule has 184 valence electrons. The molecule has 4 aromatic rings. The number of ether oxygens (including phenoxy) is 2. The molecule has 1 unspecified atom stereocenters. The zero-order valence-corrected chi connectivity index (χ0v) is 20.4. The molecule has 8 heteroatoms. The third-order valence-electron chi connectivity index (χ3n) is 6.55. The summed E-state index contributed by atoms with van der Waals surface area (Å²) >= 11 is 0. The number of furan rings is 1. The highest BCUT2D eigenvalue weighted by atomic mass is 16.5. The number of methoxy groups -OCH3 is 2. The number of carbonyl (C=O) groups is 2. The average molecular weight is 486 g/mol. The molecule has 1 atom stereocenters. The van der Waals surface area contributed by atoms with E-state index in [0.29, 0.717) is 35.2 Å². The molecule has 8 nitrogen and oxygen atoms in total. The van der Waals surface area contributed by atoms with E-state index in [1.54, 1.807) is 50.6 Å². The molecule has 2 amide bonds. The standard InChI is InChI=1S/C28H27N3O5/c1-28(27(33)29-17-19-8-5-4-6-9-19)18-30-21(23-10-7-15-36-23)12-13-22(30)26(32)31(28)20-11-14-24(34-2)25(16-20)35-3/h4-16H,17-18H2,1-3H3,(H,29,33). The van der Waals surface area contributed by atoms with Gasteiger partial charge in [0.15, 0.2) is 11.5 Å². The van der Waals surface area contributed by atoms with Crippen LogP contribution >= 0.6 is 0 Å². The van der Waals surface area contributed by atoms with Crippen molar-refractivity contribution in [3.05, 3.63) is 90.3 Å². The zero-order valence-electron chi connectivity index (χ0n) is 20.4. The monoisotopic (exact) mass is 485 g/mol. The van der Waals surface area contributed by atoms with Gasteiger partial charge in [-0.05, 0) is 48.9 Å². The van der Waals surface area contributed by atoms with Crippen LogP contribution in [0.5, 0.6) is 11.5 Å². The van der Waals surface area contributed by atoms with Gasteiger partial charge in [0, 0.05) is 18.3 Å². The molecule has 1 N–H and O–H groups in total. The molecule has 2 aromatic heterocycles. The van der Waals surface area contributed by atoms with Crippen LogP contribution in [0, 0.1) is 0 Å². The number of nitrogens with one attached hydrogen (secondary N) is 1. The van der Waals surface area contributed by atoms with Crippen LogP contribution in [0.3, 0.4) is 0 Å². The van der Waals surface area contributed by atoms with E-state index in [2.05, 4.69) is 5.32 Å². The van der Waals surface area contributed by atoms with Gasteiger partial charge in [0.05, 0.1) is 32.7 Å². The SMILES string of the molecule is COc1ccc(N2C(=O)c3ccc(-c4ccco4)n3CC2(C)C(=O)NCc2ccccc2)cc1OC. The predicted octanol–water partition coefficient (Wildman–Crippen LogP) is 4.50. The van der Waals surface area contributed by atoms with Crippen molar-refractivity contribution in [2.24, 2.45) is 0 Å². The summed E-state index contributed by atoms with van der Waals surface area (Å²) in [4.78, 5) is 29.3. The molecule has 3 heterocycles. The van der Waals surface area contributed by atoms with Gasteiger partial charge in [-0.25, -0.2) is 0 Å². The molecule has 0 spiro atoms. The number of benzene rings is 2. The van der Waals surface area contributed by atoms with Crippen LogP contribution in [0.25, 0.3) is 11.5 Å². The second-order valence-corrected chi connectivity index (χ2v) is 8.79. The molecule has 0 saturated heterocycles. The van der Waals surface area contributed by atoms with Crippen molar-refractivity contribution in [2.45, 2.75) is 25.6 Å². The Balaban J connectivity index is 1.59. The fourth-order valence-corrected chi connectivity index (χ4v) is 4.69. The van der Waals surface area contributed by atoms with Crippen LogP contribution in [-0.2, 0) is 17.9 Å². The van der Waals surface area contributed by atoms with Crippen LogP contribution in [0.15, 0.2) is 83.5 Å². The molecular weight excluding hydrogens is 458 g/mol. The lowest BCUT2D eigenvalue weighted by Crippen LogP contribution is -2.64. The smallest absolute Gasteiger partial charge is 0.275 e. The van der Waals surface area contributed by atoms with Crippen molar-refractivity contribution in [1.82, 2.24) is 9.88 Å². The van der Waals surface area contributed by atoms with E-state index in [1.807, 2.05) is 47.0 Å². The molecule has 2 aromatic carbocycles. The van der Waals surface area contributed by atoms with Crippen molar-refractivity contribution in [1.29, 1.82) is 0 Å². The van der Waals surface area contributed by atoms with Crippen molar-refractivity contribution in [3.8, 4) is 23.0 Å². The Morgan fingerprint density at radius 3 is 2.42 bits per heavy atom. The van der Waals surface area contributed by atoms with Crippen LogP contribution in [-0.4, -0.2) is 36.1 Å². The molecule has 0 aliphatic carbocycles. The Bertz CT molecular complexity index is 1390. The number of anilines is 1. The molecule has 0 saturated carbocycles. The van der Waals surface area contributed by atoms with Gasteiger partial charge in [-0.15, -0.1) is 0 Å². The number of hydrogen-bond acceptors (Lipinski definition) is 5. The summed E-state index contributed by atoms with van der Waals surface area (Å²) in [6.07, 6.45) is 1.58. The third-order valence-corrected chi connectivity index (χ3v) is 6.55. The second kappa shape index (κ2) is 9.30. The third kappa shape index (κ3) is 3.90. The zero-order chi connectivity index (χ0) is 25.3. The summed E-state index contributed by atoms with van der Waals surface area (Å²) in [6, 6.07) is 22.1. The predicted molar refractivity (Wildman–Crippen MR) is 135 cm³/mol. The summed E-state index contributed by atoms with van der Waals surface area (Å²) < 4.78 is 18.3. The normalized spacial score (nSPS) is 17.0. The van der Waals surface area contributed by atoms with E-state index >= 15 is 0 Å². The Labute approximate surface area is 209 Å². The largest absolute Gasteiger partial charge is 0.493 e. The van der Waals surface area contributed by atoms with Crippen molar-refractivity contribution in [3.63, 3.8) is 0 Å². The lowest BCUT2D eigenvalue weighted by molar-refractivity contribution is -0.126. The summed E-state index contributed by atoms with van der Waals surface area (Å²) in [5, 5.41) is 3.03. The number of rotatable bonds is 7. The first-order valence-electron chi connectivity index (χ1n) is 11.6. The number of carbonyl (C=O) groups excluding carboxylic acids is 2. The maximum absolute atomic E-state index is 14.0. The maximum atomic E-state index is 14.0. The summed E-state index contributed by atoms with van der Waals surface area (Å²) in [5.74, 6) is 1.04. The highest BCUT2D eigenvalue weighted by Crippen LogP contribution is 2.39. The van der Waals surface area contributed by atoms with Crippen molar-refractivity contribution < 1.29 is 23.5 Å². The van der Waals surface area contributed by atoms with E-state index < -0.39 is 5.54 Å². The molecular formula is C28H27N3O5. The Kier molecular flexibility index (Phi) is 6.01. The first-order valence-corrected chi connectivity index (χ1v) is 11.6. The highest BCUT2D eigenvalue weighted by molar-refractivity contribution is 6.12. The van der Waals surface area contributed by atoms with Gasteiger partial charge in [-0.2, -0.15) is 0 Å². The van der Waals surface area contributed by atoms with Gasteiger partial charge in [0.2, 0.25) is 5.91 Å². The fraction of sp³-hybridized carbons (Fsp3) is 0.214. The van der Waals surface area contributed by atoms with E-state index in [1.165, 1.54) is 12.0 Å². The number of fused-ring (bicyclic) bond motifs is 1. The minimum atomic E-state index is -1.25. The number of amides is 2. The number of aromatic nitrogens is 1. The Morgan fingerprint density at radius 1 is 0.972 bits per heavy atom. The minimum absolute atomic E-state index is 0.228. The second-order valence-electron chi connectivity index (χ2n) is 8.79. The Morgan fingerprint density at radius 2 is 1.72 bits per heavy atom. The van der Waals surface area contributed by atoms with Gasteiger partial charge >= 0.3 is 0 Å². The number of hydrogen-bond donors (Lipinski definition) is 1. The quantitative estimate of drug-likeness (QED) is 0.417. The van der Waals surface area contributed by atoms with E-state index in [4.69, 9.17) is 13.9 Å². The lowest BCUT2D eigenvalue weighted by Gasteiger charge is -2.44. The molecule has 1 aliphatic heterocycles. The number of nitrogens with zero attached hydrogens (tertiary/aromatic N) is 2. The van der Waals surface area contributed by atoms with Crippen molar-refractivity contribution >= 4 is 17.5 Å². The van der Waals surface area contributed by atoms with E-state index in [0.717, 1.165) is 11.3 Å². The summed E-state index contributed by atoms with van der Waals surface area (Å²) in [7, 11) is 3.08. The van der Waals surface area contributed by atoms with E-state index in [-0.39, 0.29) is 18.4 Å². The summed E-state index contributed by atoms with van der Waals surface area (Å²) in [6.45, 7) is 2.34. The minimum Gasteiger partial charge on any atom is -0.493 e. The van der Waals surface area contributed by atoms with Crippen LogP contribution in [0.2, 0.25) is 0 Å². The van der Waals surface area contributed by atoms with Gasteiger partial charge in [0.1, 0.15) is 17.0 Å². The first kappa shape index (κ1) is 23.3. The topological polar surface area (TPSA) is 85.9 Å². The molecule has 36 heavy (non-hydrogen) atoms. The van der Waals surface area contributed by atoms with Gasteiger partial charge in [0.25, 0.3) is 5.91 Å².